The van der Waals surface area contributed by atoms with Crippen molar-refractivity contribution in [1.82, 2.24) is 0 Å². The van der Waals surface area contributed by atoms with Crippen molar-refractivity contribution in [2.75, 3.05) is 0 Å². The van der Waals surface area contributed by atoms with Crippen LogP contribution in [0.15, 0.2) is 45.8 Å². The van der Waals surface area contributed by atoms with Gasteiger partial charge in [0, 0.05) is 4.47 Å². The number of rotatable bonds is 3. The fourth-order valence-corrected chi connectivity index (χ4v) is 4.12. The van der Waals surface area contributed by atoms with Crippen molar-refractivity contribution in [3.05, 3.63) is 63.6 Å². The average Bonchev–Trinajstić information content (AvgIpc) is 2.94. The topological polar surface area (TPSA) is 60.2 Å². The molecule has 2 N–H and O–H groups in total. The van der Waals surface area contributed by atoms with E-state index in [2.05, 4.69) is 15.9 Å². The summed E-state index contributed by atoms with van der Waals surface area (Å²) >= 11 is 3.42. The second kappa shape index (κ2) is 6.38. The van der Waals surface area contributed by atoms with Crippen LogP contribution >= 0.6 is 15.9 Å². The summed E-state index contributed by atoms with van der Waals surface area (Å²) in [6, 6.07) is 9.78. The van der Waals surface area contributed by atoms with Crippen molar-refractivity contribution in [2.45, 2.75) is 24.2 Å². The minimum absolute atomic E-state index is 0.352. The molecular formula is C17H14BrF2NO2S. The number of hydrogen-bond acceptors (Lipinski definition) is 2. The Kier molecular flexibility index (Phi) is 4.59. The summed E-state index contributed by atoms with van der Waals surface area (Å²) in [5.74, 6) is -2.33. The number of primary sulfonamides is 1. The summed E-state index contributed by atoms with van der Waals surface area (Å²) in [5.41, 5.74) is 3.17. The molecule has 0 spiro atoms. The second-order valence-electron chi connectivity index (χ2n) is 5.64. The standard InChI is InChI=1S/C17H14BrF2NO2S/c18-12-4-1-3-10(7-12)13-5-2-6-14(13)11-8-15(19)17(16(20)9-11)24(21,22)23/h1,3-4,7-9H,2,5-6H2,(H2,21,22,23). The summed E-state index contributed by atoms with van der Waals surface area (Å²) in [5, 5.41) is 4.87. The van der Waals surface area contributed by atoms with Crippen molar-refractivity contribution in [2.24, 2.45) is 5.14 Å². The lowest BCUT2D eigenvalue weighted by molar-refractivity contribution is 0.519. The normalized spacial score (nSPS) is 15.2. The Bertz CT molecular complexity index is 932. The highest BCUT2D eigenvalue weighted by molar-refractivity contribution is 9.10. The van der Waals surface area contributed by atoms with Gasteiger partial charge in [0.2, 0.25) is 10.0 Å². The van der Waals surface area contributed by atoms with Gasteiger partial charge in [-0.25, -0.2) is 22.3 Å². The third-order valence-corrected chi connectivity index (χ3v) is 5.47. The molecule has 2 aromatic carbocycles. The molecule has 0 saturated heterocycles. The van der Waals surface area contributed by atoms with Crippen molar-refractivity contribution < 1.29 is 17.2 Å². The van der Waals surface area contributed by atoms with Crippen LogP contribution in [0.2, 0.25) is 0 Å². The zero-order chi connectivity index (χ0) is 17.5. The molecule has 3 nitrogen and oxygen atoms in total. The van der Waals surface area contributed by atoms with E-state index in [0.717, 1.165) is 46.2 Å². The quantitative estimate of drug-likeness (QED) is 0.806. The van der Waals surface area contributed by atoms with E-state index in [1.807, 2.05) is 24.3 Å². The third kappa shape index (κ3) is 3.29. The fourth-order valence-electron chi connectivity index (χ4n) is 3.06. The van der Waals surface area contributed by atoms with E-state index in [1.54, 1.807) is 0 Å². The molecule has 0 aliphatic heterocycles. The van der Waals surface area contributed by atoms with E-state index in [0.29, 0.717) is 12.0 Å². The predicted molar refractivity (Wildman–Crippen MR) is 92.5 cm³/mol. The van der Waals surface area contributed by atoms with Gasteiger partial charge in [-0.05, 0) is 65.8 Å². The molecule has 2 aromatic rings. The lowest BCUT2D eigenvalue weighted by atomic mass is 9.97. The molecule has 0 bridgehead atoms. The minimum atomic E-state index is -4.45. The average molecular weight is 414 g/mol. The smallest absolute Gasteiger partial charge is 0.224 e. The first-order valence-electron chi connectivity index (χ1n) is 7.27. The van der Waals surface area contributed by atoms with Gasteiger partial charge in [0.1, 0.15) is 11.6 Å². The first-order valence-corrected chi connectivity index (χ1v) is 9.61. The zero-order valence-electron chi connectivity index (χ0n) is 12.5. The first-order chi connectivity index (χ1) is 11.3. The fraction of sp³-hybridized carbons (Fsp3) is 0.176. The molecule has 0 heterocycles. The molecule has 1 aliphatic rings. The maximum absolute atomic E-state index is 14.1. The molecule has 0 unspecified atom stereocenters. The molecule has 1 aliphatic carbocycles. The lowest BCUT2D eigenvalue weighted by Gasteiger charge is -2.11. The molecule has 0 amide bonds. The Morgan fingerprint density at radius 2 is 1.54 bits per heavy atom. The maximum atomic E-state index is 14.1. The van der Waals surface area contributed by atoms with Gasteiger partial charge >= 0.3 is 0 Å². The number of halogens is 3. The van der Waals surface area contributed by atoms with Crippen LogP contribution in [-0.4, -0.2) is 8.42 Å². The lowest BCUT2D eigenvalue weighted by Crippen LogP contribution is -2.16. The number of hydrogen-bond donors (Lipinski definition) is 1. The van der Waals surface area contributed by atoms with E-state index >= 15 is 0 Å². The van der Waals surface area contributed by atoms with Gasteiger partial charge in [0.05, 0.1) is 0 Å². The molecule has 24 heavy (non-hydrogen) atoms. The highest BCUT2D eigenvalue weighted by Gasteiger charge is 2.24. The Hall–Kier alpha value is -1.57. The molecule has 0 saturated carbocycles. The van der Waals surface area contributed by atoms with Gasteiger partial charge in [-0.1, -0.05) is 28.1 Å². The first kappa shape index (κ1) is 17.3. The Balaban J connectivity index is 2.16. The van der Waals surface area contributed by atoms with Gasteiger partial charge in [-0.15, -0.1) is 0 Å². The van der Waals surface area contributed by atoms with E-state index in [1.165, 1.54) is 0 Å². The van der Waals surface area contributed by atoms with Crippen LogP contribution in [0.5, 0.6) is 0 Å². The molecule has 0 fully saturated rings. The van der Waals surface area contributed by atoms with E-state index in [-0.39, 0.29) is 0 Å². The predicted octanol–water partition coefficient (Wildman–Crippen LogP) is 4.47. The highest BCUT2D eigenvalue weighted by atomic mass is 79.9. The van der Waals surface area contributed by atoms with Crippen molar-refractivity contribution in [1.29, 1.82) is 0 Å². The monoisotopic (exact) mass is 413 g/mol. The zero-order valence-corrected chi connectivity index (χ0v) is 14.9. The molecule has 7 heteroatoms. The van der Waals surface area contributed by atoms with Crippen molar-refractivity contribution in [3.8, 4) is 0 Å². The molecular weight excluding hydrogens is 400 g/mol. The molecule has 0 radical (unpaired) electrons. The molecule has 0 atom stereocenters. The van der Waals surface area contributed by atoms with Crippen LogP contribution < -0.4 is 5.14 Å². The number of benzene rings is 2. The molecule has 0 aromatic heterocycles. The highest BCUT2D eigenvalue weighted by Crippen LogP contribution is 2.41. The van der Waals surface area contributed by atoms with Crippen LogP contribution in [0, 0.1) is 11.6 Å². The van der Waals surface area contributed by atoms with Crippen LogP contribution in [0.4, 0.5) is 8.78 Å². The van der Waals surface area contributed by atoms with Gasteiger partial charge < -0.3 is 0 Å². The second-order valence-corrected chi connectivity index (χ2v) is 8.05. The van der Waals surface area contributed by atoms with Crippen LogP contribution in [0.25, 0.3) is 11.1 Å². The van der Waals surface area contributed by atoms with Gasteiger partial charge in [-0.3, -0.25) is 0 Å². The Morgan fingerprint density at radius 1 is 0.958 bits per heavy atom. The third-order valence-electron chi connectivity index (χ3n) is 4.02. The Morgan fingerprint density at radius 3 is 2.08 bits per heavy atom. The van der Waals surface area contributed by atoms with Gasteiger partial charge in [0.15, 0.2) is 4.90 Å². The van der Waals surface area contributed by atoms with Crippen LogP contribution in [-0.2, 0) is 10.0 Å². The van der Waals surface area contributed by atoms with E-state index < -0.39 is 26.6 Å². The van der Waals surface area contributed by atoms with Crippen molar-refractivity contribution >= 4 is 37.1 Å². The van der Waals surface area contributed by atoms with Crippen molar-refractivity contribution in [3.63, 3.8) is 0 Å². The maximum Gasteiger partial charge on any atom is 0.243 e. The number of nitrogens with two attached hydrogens (primary N) is 1. The van der Waals surface area contributed by atoms with Gasteiger partial charge in [-0.2, -0.15) is 0 Å². The largest absolute Gasteiger partial charge is 0.243 e. The van der Waals surface area contributed by atoms with Gasteiger partial charge in [0.25, 0.3) is 0 Å². The van der Waals surface area contributed by atoms with Crippen LogP contribution in [0.3, 0.4) is 0 Å². The molecule has 126 valence electrons. The summed E-state index contributed by atoms with van der Waals surface area (Å²) in [4.78, 5) is -1.09. The summed E-state index contributed by atoms with van der Waals surface area (Å²) < 4.78 is 51.8. The van der Waals surface area contributed by atoms with E-state index in [4.69, 9.17) is 5.14 Å². The Labute approximate surface area is 147 Å². The minimum Gasteiger partial charge on any atom is -0.224 e. The summed E-state index contributed by atoms with van der Waals surface area (Å²) in [7, 11) is -4.45. The SMILES string of the molecule is NS(=O)(=O)c1c(F)cc(C2=C(c3cccc(Br)c3)CCC2)cc1F. The number of allylic oxidation sites excluding steroid dienone is 2. The number of sulfonamides is 1. The summed E-state index contributed by atoms with van der Waals surface area (Å²) in [6.45, 7) is 0. The summed E-state index contributed by atoms with van der Waals surface area (Å²) in [6.07, 6.45) is 2.35. The van der Waals surface area contributed by atoms with E-state index in [9.17, 15) is 17.2 Å². The van der Waals surface area contributed by atoms with Crippen LogP contribution in [0.1, 0.15) is 30.4 Å². The molecule has 3 rings (SSSR count).